The molecule has 0 saturated heterocycles. The third-order valence-corrected chi connectivity index (χ3v) is 5.60. The van der Waals surface area contributed by atoms with Crippen molar-refractivity contribution in [1.29, 1.82) is 0 Å². The average Bonchev–Trinajstić information content (AvgIpc) is 2.68. The summed E-state index contributed by atoms with van der Waals surface area (Å²) in [6, 6.07) is 10.5. The van der Waals surface area contributed by atoms with Crippen molar-refractivity contribution in [2.45, 2.75) is 39.7 Å². The Balaban J connectivity index is 1.85. The van der Waals surface area contributed by atoms with E-state index in [0.717, 1.165) is 16.5 Å². The fraction of sp³-hybridized carbons (Fsp3) is 0.318. The first kappa shape index (κ1) is 21.0. The van der Waals surface area contributed by atoms with E-state index in [-0.39, 0.29) is 24.1 Å². The molecular weight excluding hydrogens is 436 g/mol. The first-order valence-corrected chi connectivity index (χ1v) is 10.3. The summed E-state index contributed by atoms with van der Waals surface area (Å²) >= 11 is 3.43. The van der Waals surface area contributed by atoms with E-state index in [1.54, 1.807) is 31.2 Å². The number of amides is 2. The number of hydrogen-bond acceptors (Lipinski definition) is 4. The summed E-state index contributed by atoms with van der Waals surface area (Å²) in [5.74, 6) is -0.168. The number of halogens is 1. The number of Topliss-reactive ketones (excluding diaryl/α,β-unsaturated/α-hetero) is 1. The van der Waals surface area contributed by atoms with Crippen molar-refractivity contribution in [3.63, 3.8) is 0 Å². The molecule has 29 heavy (non-hydrogen) atoms. The minimum absolute atomic E-state index is 0.00360. The van der Waals surface area contributed by atoms with Gasteiger partial charge in [-0.3, -0.25) is 19.3 Å². The normalized spacial score (nSPS) is 15.5. The van der Waals surface area contributed by atoms with Gasteiger partial charge in [-0.05, 0) is 62.2 Å². The zero-order valence-corrected chi connectivity index (χ0v) is 18.2. The largest absolute Gasteiger partial charge is 0.479 e. The van der Waals surface area contributed by atoms with Crippen LogP contribution in [0.3, 0.4) is 0 Å². The predicted molar refractivity (Wildman–Crippen MR) is 116 cm³/mol. The van der Waals surface area contributed by atoms with Crippen LogP contribution in [0.25, 0.3) is 0 Å². The lowest BCUT2D eigenvalue weighted by Gasteiger charge is -2.32. The molecule has 3 rings (SSSR count). The van der Waals surface area contributed by atoms with Crippen molar-refractivity contribution >= 4 is 44.9 Å². The summed E-state index contributed by atoms with van der Waals surface area (Å²) in [5.41, 5.74) is 2.59. The minimum Gasteiger partial charge on any atom is -0.479 e. The number of carbonyl (C=O) groups excluding carboxylic acids is 3. The van der Waals surface area contributed by atoms with E-state index in [2.05, 4.69) is 21.2 Å². The lowest BCUT2D eigenvalue weighted by atomic mass is 10.0. The van der Waals surface area contributed by atoms with E-state index in [1.807, 2.05) is 26.0 Å². The summed E-state index contributed by atoms with van der Waals surface area (Å²) in [6.45, 7) is 5.34. The molecule has 1 unspecified atom stereocenters. The number of hydrogen-bond donors (Lipinski definition) is 1. The Morgan fingerprint density at radius 2 is 1.97 bits per heavy atom. The maximum absolute atomic E-state index is 12.7. The Bertz CT molecular complexity index is 973. The van der Waals surface area contributed by atoms with Crippen LogP contribution in [0, 0.1) is 6.92 Å². The van der Waals surface area contributed by atoms with Crippen LogP contribution in [0.1, 0.15) is 42.6 Å². The van der Waals surface area contributed by atoms with E-state index >= 15 is 0 Å². The molecule has 7 heteroatoms. The molecule has 2 aromatic carbocycles. The fourth-order valence-corrected chi connectivity index (χ4v) is 3.43. The monoisotopic (exact) mass is 458 g/mol. The number of fused-ring (bicyclic) bond motifs is 1. The van der Waals surface area contributed by atoms with Gasteiger partial charge >= 0.3 is 0 Å². The molecule has 0 bridgehead atoms. The van der Waals surface area contributed by atoms with E-state index in [1.165, 1.54) is 4.90 Å². The van der Waals surface area contributed by atoms with Crippen LogP contribution in [-0.2, 0) is 9.59 Å². The Kier molecular flexibility index (Phi) is 6.37. The molecule has 0 saturated carbocycles. The molecule has 0 aliphatic carbocycles. The standard InChI is InChI=1S/C22H23BrN2O4/c1-4-5-19(26)15-6-9-20-18(11-15)25(22(28)14(3)29-20)12-21(27)24-16-7-8-17(23)13(2)10-16/h6-11,14H,4-5,12H2,1-3H3,(H,24,27). The van der Waals surface area contributed by atoms with Crippen LogP contribution in [0.15, 0.2) is 40.9 Å². The van der Waals surface area contributed by atoms with Gasteiger partial charge in [-0.2, -0.15) is 0 Å². The van der Waals surface area contributed by atoms with Gasteiger partial charge in [0.2, 0.25) is 5.91 Å². The van der Waals surface area contributed by atoms with Crippen LogP contribution >= 0.6 is 15.9 Å². The zero-order chi connectivity index (χ0) is 21.1. The molecule has 2 aromatic rings. The molecule has 0 radical (unpaired) electrons. The number of ketones is 1. The van der Waals surface area contributed by atoms with Gasteiger partial charge in [0.25, 0.3) is 5.91 Å². The molecule has 1 N–H and O–H groups in total. The summed E-state index contributed by atoms with van der Waals surface area (Å²) in [5, 5.41) is 2.82. The zero-order valence-electron chi connectivity index (χ0n) is 16.6. The lowest BCUT2D eigenvalue weighted by Crippen LogP contribution is -2.47. The molecule has 2 amide bonds. The third-order valence-electron chi connectivity index (χ3n) is 4.71. The van der Waals surface area contributed by atoms with Crippen molar-refractivity contribution in [3.05, 3.63) is 52.0 Å². The maximum atomic E-state index is 12.7. The Morgan fingerprint density at radius 3 is 2.66 bits per heavy atom. The topological polar surface area (TPSA) is 75.7 Å². The molecule has 0 spiro atoms. The van der Waals surface area contributed by atoms with Gasteiger partial charge in [0.1, 0.15) is 12.3 Å². The van der Waals surface area contributed by atoms with Crippen LogP contribution in [0.2, 0.25) is 0 Å². The van der Waals surface area contributed by atoms with Gasteiger partial charge in [-0.1, -0.05) is 22.9 Å². The number of carbonyl (C=O) groups is 3. The second kappa shape index (κ2) is 8.78. The average molecular weight is 459 g/mol. The number of anilines is 2. The number of ether oxygens (including phenoxy) is 1. The highest BCUT2D eigenvalue weighted by Gasteiger charge is 2.33. The van der Waals surface area contributed by atoms with E-state index in [4.69, 9.17) is 4.74 Å². The van der Waals surface area contributed by atoms with Gasteiger partial charge in [-0.25, -0.2) is 0 Å². The number of benzene rings is 2. The Morgan fingerprint density at radius 1 is 1.21 bits per heavy atom. The van der Waals surface area contributed by atoms with Crippen molar-refractivity contribution < 1.29 is 19.1 Å². The van der Waals surface area contributed by atoms with Crippen molar-refractivity contribution in [1.82, 2.24) is 0 Å². The van der Waals surface area contributed by atoms with E-state index < -0.39 is 6.10 Å². The van der Waals surface area contributed by atoms with Gasteiger partial charge in [0.05, 0.1) is 5.69 Å². The molecule has 0 aromatic heterocycles. The van der Waals surface area contributed by atoms with E-state index in [0.29, 0.717) is 29.1 Å². The smallest absolute Gasteiger partial charge is 0.268 e. The minimum atomic E-state index is -0.706. The van der Waals surface area contributed by atoms with E-state index in [9.17, 15) is 14.4 Å². The highest BCUT2D eigenvalue weighted by Crippen LogP contribution is 2.35. The maximum Gasteiger partial charge on any atom is 0.268 e. The van der Waals surface area contributed by atoms with Crippen molar-refractivity contribution in [3.8, 4) is 5.75 Å². The highest BCUT2D eigenvalue weighted by molar-refractivity contribution is 9.10. The molecule has 1 atom stereocenters. The summed E-state index contributed by atoms with van der Waals surface area (Å²) in [4.78, 5) is 39.0. The SMILES string of the molecule is CCCC(=O)c1ccc2c(c1)N(CC(=O)Nc1ccc(Br)c(C)c1)C(=O)C(C)O2. The van der Waals surface area contributed by atoms with Gasteiger partial charge in [0, 0.05) is 22.1 Å². The molecule has 0 fully saturated rings. The van der Waals surface area contributed by atoms with Crippen LogP contribution in [0.4, 0.5) is 11.4 Å². The van der Waals surface area contributed by atoms with Gasteiger partial charge in [-0.15, -0.1) is 0 Å². The molecule has 6 nitrogen and oxygen atoms in total. The second-order valence-corrected chi connectivity index (χ2v) is 7.91. The van der Waals surface area contributed by atoms with Gasteiger partial charge < -0.3 is 10.1 Å². The molecule has 152 valence electrons. The number of rotatable bonds is 6. The first-order chi connectivity index (χ1) is 13.8. The number of nitrogens with one attached hydrogen (secondary N) is 1. The highest BCUT2D eigenvalue weighted by atomic mass is 79.9. The van der Waals surface area contributed by atoms with Crippen LogP contribution < -0.4 is 15.0 Å². The quantitative estimate of drug-likeness (QED) is 0.646. The Labute approximate surface area is 178 Å². The lowest BCUT2D eigenvalue weighted by molar-refractivity contribution is -0.127. The molecule has 1 aliphatic rings. The van der Waals surface area contributed by atoms with Crippen LogP contribution in [-0.4, -0.2) is 30.2 Å². The third kappa shape index (κ3) is 4.67. The molecule has 1 heterocycles. The predicted octanol–water partition coefficient (Wildman–Crippen LogP) is 4.49. The summed E-state index contributed by atoms with van der Waals surface area (Å²) in [7, 11) is 0. The Hall–Kier alpha value is -2.67. The fourth-order valence-electron chi connectivity index (χ4n) is 3.18. The van der Waals surface area contributed by atoms with Crippen LogP contribution in [0.5, 0.6) is 5.75 Å². The van der Waals surface area contributed by atoms with Crippen molar-refractivity contribution in [2.75, 3.05) is 16.8 Å². The molecule has 1 aliphatic heterocycles. The number of nitrogens with zero attached hydrogens (tertiary/aromatic N) is 1. The van der Waals surface area contributed by atoms with Crippen molar-refractivity contribution in [2.24, 2.45) is 0 Å². The molecular formula is C22H23BrN2O4. The number of aryl methyl sites for hydroxylation is 1. The van der Waals surface area contributed by atoms with Gasteiger partial charge in [0.15, 0.2) is 11.9 Å². The summed E-state index contributed by atoms with van der Waals surface area (Å²) in [6.07, 6.45) is 0.455. The second-order valence-electron chi connectivity index (χ2n) is 7.05. The summed E-state index contributed by atoms with van der Waals surface area (Å²) < 4.78 is 6.61. The first-order valence-electron chi connectivity index (χ1n) is 9.51.